The number of piperidine rings is 1. The number of likely N-dealkylation sites (tertiary alicyclic amines) is 1. The highest BCUT2D eigenvalue weighted by Gasteiger charge is 2.45. The van der Waals surface area contributed by atoms with Gasteiger partial charge in [0.1, 0.15) is 0 Å². The summed E-state index contributed by atoms with van der Waals surface area (Å²) >= 11 is 0. The number of rotatable bonds is 2. The van der Waals surface area contributed by atoms with Crippen molar-refractivity contribution in [2.45, 2.75) is 64.2 Å². The van der Waals surface area contributed by atoms with E-state index in [2.05, 4.69) is 4.90 Å². The summed E-state index contributed by atoms with van der Waals surface area (Å²) in [6.45, 7) is 3.75. The molecule has 0 aromatic carbocycles. The first-order valence-electron chi connectivity index (χ1n) is 9.27. The first kappa shape index (κ1) is 16.3. The summed E-state index contributed by atoms with van der Waals surface area (Å²) in [6.07, 6.45) is 12.1. The summed E-state index contributed by atoms with van der Waals surface area (Å²) in [5.41, 5.74) is 6.10. The maximum Gasteiger partial charge on any atom is 0.230 e. The molecule has 1 aliphatic carbocycles. The summed E-state index contributed by atoms with van der Waals surface area (Å²) in [6, 6.07) is 0. The SMILES string of the molecule is NCC1(C(=O)N2CCCC3(CCCCCC3)C2)CCOCC1. The summed E-state index contributed by atoms with van der Waals surface area (Å²) in [5.74, 6) is 0.321. The molecule has 2 N–H and O–H groups in total. The molecule has 0 radical (unpaired) electrons. The van der Waals surface area contributed by atoms with E-state index in [0.29, 0.717) is 31.1 Å². The van der Waals surface area contributed by atoms with Gasteiger partial charge in [-0.3, -0.25) is 4.79 Å². The van der Waals surface area contributed by atoms with E-state index in [9.17, 15) is 4.79 Å². The molecule has 3 rings (SSSR count). The first-order valence-corrected chi connectivity index (χ1v) is 9.27. The highest BCUT2D eigenvalue weighted by Crippen LogP contribution is 2.43. The van der Waals surface area contributed by atoms with Crippen LogP contribution in [0.1, 0.15) is 64.2 Å². The van der Waals surface area contributed by atoms with Crippen LogP contribution in [-0.4, -0.2) is 43.7 Å². The van der Waals surface area contributed by atoms with Gasteiger partial charge in [0.15, 0.2) is 0 Å². The lowest BCUT2D eigenvalue weighted by Crippen LogP contribution is -2.55. The Hall–Kier alpha value is -0.610. The Morgan fingerprint density at radius 1 is 0.955 bits per heavy atom. The van der Waals surface area contributed by atoms with Gasteiger partial charge in [-0.2, -0.15) is 0 Å². The third kappa shape index (κ3) is 3.18. The largest absolute Gasteiger partial charge is 0.381 e. The molecule has 1 amide bonds. The lowest BCUT2D eigenvalue weighted by molar-refractivity contribution is -0.151. The molecule has 0 atom stereocenters. The van der Waals surface area contributed by atoms with Crippen molar-refractivity contribution in [3.63, 3.8) is 0 Å². The predicted octanol–water partition coefficient (Wildman–Crippen LogP) is 2.70. The molecule has 0 bridgehead atoms. The van der Waals surface area contributed by atoms with Crippen LogP contribution in [0.4, 0.5) is 0 Å². The van der Waals surface area contributed by atoms with Gasteiger partial charge in [-0.25, -0.2) is 0 Å². The third-order valence-electron chi connectivity index (χ3n) is 6.41. The third-order valence-corrected chi connectivity index (χ3v) is 6.41. The molecule has 2 aliphatic heterocycles. The number of hydrogen-bond acceptors (Lipinski definition) is 3. The summed E-state index contributed by atoms with van der Waals surface area (Å²) in [4.78, 5) is 15.4. The minimum Gasteiger partial charge on any atom is -0.381 e. The summed E-state index contributed by atoms with van der Waals surface area (Å²) in [7, 11) is 0. The number of amides is 1. The second-order valence-corrected chi connectivity index (χ2v) is 7.84. The average Bonchev–Trinajstić information content (AvgIpc) is 2.80. The Bertz CT molecular complexity index is 383. The van der Waals surface area contributed by atoms with Crippen molar-refractivity contribution in [3.8, 4) is 0 Å². The molecular formula is C18H32N2O2. The second kappa shape index (κ2) is 6.88. The Labute approximate surface area is 134 Å². The first-order chi connectivity index (χ1) is 10.7. The molecule has 0 aromatic rings. The van der Waals surface area contributed by atoms with Crippen LogP contribution >= 0.6 is 0 Å². The molecule has 22 heavy (non-hydrogen) atoms. The van der Waals surface area contributed by atoms with Gasteiger partial charge in [-0.15, -0.1) is 0 Å². The molecule has 126 valence electrons. The molecule has 3 fully saturated rings. The number of nitrogens with zero attached hydrogens (tertiary/aromatic N) is 1. The quantitative estimate of drug-likeness (QED) is 0.853. The molecular weight excluding hydrogens is 276 g/mol. The fourth-order valence-electron chi connectivity index (χ4n) is 4.87. The van der Waals surface area contributed by atoms with Gasteiger partial charge >= 0.3 is 0 Å². The smallest absolute Gasteiger partial charge is 0.230 e. The average molecular weight is 308 g/mol. The van der Waals surface area contributed by atoms with Crippen LogP contribution in [0.5, 0.6) is 0 Å². The number of hydrogen-bond donors (Lipinski definition) is 1. The molecule has 2 saturated heterocycles. The van der Waals surface area contributed by atoms with Crippen molar-refractivity contribution in [2.75, 3.05) is 32.8 Å². The Morgan fingerprint density at radius 2 is 1.59 bits per heavy atom. The minimum atomic E-state index is -0.346. The van der Waals surface area contributed by atoms with Crippen LogP contribution in [0.15, 0.2) is 0 Å². The molecule has 1 saturated carbocycles. The number of carbonyl (C=O) groups excluding carboxylic acids is 1. The van der Waals surface area contributed by atoms with Gasteiger partial charge in [0.25, 0.3) is 0 Å². The van der Waals surface area contributed by atoms with Crippen LogP contribution in [0, 0.1) is 10.8 Å². The zero-order valence-corrected chi connectivity index (χ0v) is 13.9. The van der Waals surface area contributed by atoms with E-state index >= 15 is 0 Å². The highest BCUT2D eigenvalue weighted by atomic mass is 16.5. The zero-order chi connectivity index (χ0) is 15.5. The standard InChI is InChI=1S/C18H32N2O2/c19-14-18(9-12-22-13-10-18)16(21)20-11-5-8-17(15-20)6-3-1-2-4-7-17/h1-15,19H2. The maximum absolute atomic E-state index is 13.2. The van der Waals surface area contributed by atoms with E-state index in [1.165, 1.54) is 51.4 Å². The molecule has 4 nitrogen and oxygen atoms in total. The van der Waals surface area contributed by atoms with Crippen molar-refractivity contribution in [1.29, 1.82) is 0 Å². The Balaban J connectivity index is 1.71. The van der Waals surface area contributed by atoms with Gasteiger partial charge in [0.2, 0.25) is 5.91 Å². The molecule has 0 aromatic heterocycles. The van der Waals surface area contributed by atoms with E-state index < -0.39 is 0 Å². The number of nitrogens with two attached hydrogens (primary N) is 1. The predicted molar refractivity (Wildman–Crippen MR) is 87.5 cm³/mol. The van der Waals surface area contributed by atoms with Crippen molar-refractivity contribution in [1.82, 2.24) is 4.90 Å². The van der Waals surface area contributed by atoms with Crippen LogP contribution in [0.25, 0.3) is 0 Å². The van der Waals surface area contributed by atoms with Crippen molar-refractivity contribution in [2.24, 2.45) is 16.6 Å². The lowest BCUT2D eigenvalue weighted by atomic mass is 9.72. The summed E-state index contributed by atoms with van der Waals surface area (Å²) in [5, 5.41) is 0. The second-order valence-electron chi connectivity index (χ2n) is 7.84. The summed E-state index contributed by atoms with van der Waals surface area (Å²) < 4.78 is 5.46. The monoisotopic (exact) mass is 308 g/mol. The van der Waals surface area contributed by atoms with Crippen molar-refractivity contribution in [3.05, 3.63) is 0 Å². The van der Waals surface area contributed by atoms with Crippen LogP contribution in [0.3, 0.4) is 0 Å². The van der Waals surface area contributed by atoms with Gasteiger partial charge in [0.05, 0.1) is 5.41 Å². The minimum absolute atomic E-state index is 0.321. The molecule has 1 spiro atoms. The number of ether oxygens (including phenoxy) is 1. The van der Waals surface area contributed by atoms with E-state index in [0.717, 1.165) is 25.9 Å². The Kier molecular flexibility index (Phi) is 5.08. The van der Waals surface area contributed by atoms with Crippen molar-refractivity contribution >= 4 is 5.91 Å². The zero-order valence-electron chi connectivity index (χ0n) is 13.9. The van der Waals surface area contributed by atoms with Gasteiger partial charge in [0, 0.05) is 32.8 Å². The molecule has 0 unspecified atom stereocenters. The lowest BCUT2D eigenvalue weighted by Gasteiger charge is -2.46. The Morgan fingerprint density at radius 3 is 2.23 bits per heavy atom. The normalized spacial score (nSPS) is 28.3. The highest BCUT2D eigenvalue weighted by molar-refractivity contribution is 5.83. The van der Waals surface area contributed by atoms with Gasteiger partial charge in [-0.05, 0) is 43.9 Å². The molecule has 3 aliphatic rings. The maximum atomic E-state index is 13.2. The van der Waals surface area contributed by atoms with E-state index in [-0.39, 0.29) is 5.41 Å². The topological polar surface area (TPSA) is 55.6 Å². The number of carbonyl (C=O) groups is 1. The van der Waals surface area contributed by atoms with Crippen LogP contribution in [-0.2, 0) is 9.53 Å². The van der Waals surface area contributed by atoms with E-state index in [1.807, 2.05) is 0 Å². The molecule has 2 heterocycles. The van der Waals surface area contributed by atoms with Gasteiger partial charge in [-0.1, -0.05) is 25.7 Å². The fraction of sp³-hybridized carbons (Fsp3) is 0.944. The molecule has 4 heteroatoms. The fourth-order valence-corrected chi connectivity index (χ4v) is 4.87. The van der Waals surface area contributed by atoms with Crippen LogP contribution in [0.2, 0.25) is 0 Å². The van der Waals surface area contributed by atoms with Crippen LogP contribution < -0.4 is 5.73 Å². The van der Waals surface area contributed by atoms with Crippen molar-refractivity contribution < 1.29 is 9.53 Å². The van der Waals surface area contributed by atoms with E-state index in [1.54, 1.807) is 0 Å². The van der Waals surface area contributed by atoms with Gasteiger partial charge < -0.3 is 15.4 Å². The van der Waals surface area contributed by atoms with E-state index in [4.69, 9.17) is 10.5 Å².